The highest BCUT2D eigenvalue weighted by Gasteiger charge is 2.16. The SMILES string of the molecule is CN=C(NCCNS(=O)(=O)c1cc(C)ccc1C)N(C)Cc1cc(Cl)cn1C. The van der Waals surface area contributed by atoms with Gasteiger partial charge in [-0.2, -0.15) is 0 Å². The summed E-state index contributed by atoms with van der Waals surface area (Å²) in [7, 11) is 1.99. The number of nitrogens with zero attached hydrogens (tertiary/aromatic N) is 3. The smallest absolute Gasteiger partial charge is 0.240 e. The van der Waals surface area contributed by atoms with Crippen LogP contribution in [0.4, 0.5) is 0 Å². The van der Waals surface area contributed by atoms with E-state index in [2.05, 4.69) is 15.0 Å². The number of aliphatic imine (C=N–C) groups is 1. The minimum absolute atomic E-state index is 0.249. The summed E-state index contributed by atoms with van der Waals surface area (Å²) < 4.78 is 29.7. The Bertz CT molecular complexity index is 953. The molecule has 0 bridgehead atoms. The van der Waals surface area contributed by atoms with E-state index >= 15 is 0 Å². The lowest BCUT2D eigenvalue weighted by molar-refractivity contribution is 0.462. The van der Waals surface area contributed by atoms with E-state index < -0.39 is 10.0 Å². The summed E-state index contributed by atoms with van der Waals surface area (Å²) in [5.74, 6) is 0.670. The fourth-order valence-electron chi connectivity index (χ4n) is 2.86. The van der Waals surface area contributed by atoms with Crippen LogP contribution in [-0.2, 0) is 23.6 Å². The minimum atomic E-state index is -3.55. The monoisotopic (exact) mass is 425 g/mol. The quantitative estimate of drug-likeness (QED) is 0.405. The number of rotatable bonds is 7. The Morgan fingerprint density at radius 2 is 1.96 bits per heavy atom. The molecule has 0 fully saturated rings. The molecule has 0 unspecified atom stereocenters. The zero-order valence-electron chi connectivity index (χ0n) is 17.0. The molecular weight excluding hydrogens is 398 g/mol. The second kappa shape index (κ2) is 9.45. The Morgan fingerprint density at radius 3 is 2.57 bits per heavy atom. The van der Waals surface area contributed by atoms with Gasteiger partial charge in [0.05, 0.1) is 16.5 Å². The number of sulfonamides is 1. The largest absolute Gasteiger partial charge is 0.355 e. The standard InChI is InChI=1S/C19H28ClN5O2S/c1-14-6-7-15(2)18(10-14)28(26,27)23-9-8-22-19(21-3)25(5)13-17-11-16(20)12-24(17)4/h6-7,10-12,23H,8-9,13H2,1-5H3,(H,21,22). The van der Waals surface area contributed by atoms with Gasteiger partial charge in [-0.3, -0.25) is 4.99 Å². The van der Waals surface area contributed by atoms with Gasteiger partial charge < -0.3 is 14.8 Å². The highest BCUT2D eigenvalue weighted by atomic mass is 35.5. The van der Waals surface area contributed by atoms with Crippen molar-refractivity contribution >= 4 is 27.6 Å². The van der Waals surface area contributed by atoms with E-state index in [1.165, 1.54) is 0 Å². The Hall–Kier alpha value is -2.03. The Balaban J connectivity index is 1.90. The van der Waals surface area contributed by atoms with Gasteiger partial charge in [0.25, 0.3) is 0 Å². The molecule has 0 atom stereocenters. The summed E-state index contributed by atoms with van der Waals surface area (Å²) in [6, 6.07) is 7.30. The fraction of sp³-hybridized carbons (Fsp3) is 0.421. The summed E-state index contributed by atoms with van der Waals surface area (Å²) in [5, 5.41) is 3.86. The molecule has 7 nitrogen and oxygen atoms in total. The highest BCUT2D eigenvalue weighted by molar-refractivity contribution is 7.89. The van der Waals surface area contributed by atoms with E-state index in [9.17, 15) is 8.42 Å². The topological polar surface area (TPSA) is 78.7 Å². The van der Waals surface area contributed by atoms with E-state index in [0.29, 0.717) is 29.0 Å². The van der Waals surface area contributed by atoms with E-state index in [-0.39, 0.29) is 6.54 Å². The van der Waals surface area contributed by atoms with Crippen LogP contribution in [0.1, 0.15) is 16.8 Å². The lowest BCUT2D eigenvalue weighted by atomic mass is 10.2. The van der Waals surface area contributed by atoms with Crippen molar-refractivity contribution in [3.8, 4) is 0 Å². The van der Waals surface area contributed by atoms with Crippen molar-refractivity contribution < 1.29 is 8.42 Å². The molecule has 0 aliphatic heterocycles. The van der Waals surface area contributed by atoms with Crippen molar-refractivity contribution in [1.82, 2.24) is 19.5 Å². The molecule has 154 valence electrons. The highest BCUT2D eigenvalue weighted by Crippen LogP contribution is 2.16. The number of guanidine groups is 1. The third-order valence-corrected chi connectivity index (χ3v) is 6.19. The van der Waals surface area contributed by atoms with Crippen molar-refractivity contribution in [2.24, 2.45) is 12.0 Å². The maximum Gasteiger partial charge on any atom is 0.240 e. The summed E-state index contributed by atoms with van der Waals surface area (Å²) in [6.45, 7) is 4.95. The first-order chi connectivity index (χ1) is 13.1. The summed E-state index contributed by atoms with van der Waals surface area (Å²) in [4.78, 5) is 6.51. The second-order valence-electron chi connectivity index (χ2n) is 6.76. The Kier molecular flexibility index (Phi) is 7.51. The van der Waals surface area contributed by atoms with Gasteiger partial charge in [-0.25, -0.2) is 13.1 Å². The van der Waals surface area contributed by atoms with Crippen molar-refractivity contribution in [3.05, 3.63) is 52.3 Å². The number of hydrogen-bond acceptors (Lipinski definition) is 3. The van der Waals surface area contributed by atoms with Gasteiger partial charge in [-0.05, 0) is 37.1 Å². The maximum atomic E-state index is 12.5. The average molecular weight is 426 g/mol. The van der Waals surface area contributed by atoms with E-state index in [0.717, 1.165) is 16.8 Å². The molecule has 0 aliphatic carbocycles. The lowest BCUT2D eigenvalue weighted by Gasteiger charge is -2.22. The number of aryl methyl sites for hydroxylation is 3. The maximum absolute atomic E-state index is 12.5. The molecule has 2 aromatic rings. The van der Waals surface area contributed by atoms with Crippen LogP contribution in [0.25, 0.3) is 0 Å². The first kappa shape index (κ1) is 22.3. The molecule has 2 N–H and O–H groups in total. The van der Waals surface area contributed by atoms with Crippen molar-refractivity contribution in [3.63, 3.8) is 0 Å². The van der Waals surface area contributed by atoms with Gasteiger partial charge >= 0.3 is 0 Å². The molecule has 9 heteroatoms. The van der Waals surface area contributed by atoms with Gasteiger partial charge in [0.15, 0.2) is 5.96 Å². The molecule has 0 spiro atoms. The summed E-state index contributed by atoms with van der Waals surface area (Å²) >= 11 is 6.03. The van der Waals surface area contributed by atoms with Gasteiger partial charge in [0.1, 0.15) is 0 Å². The van der Waals surface area contributed by atoms with Gasteiger partial charge in [0.2, 0.25) is 10.0 Å². The fourth-order valence-corrected chi connectivity index (χ4v) is 4.49. The molecule has 0 amide bonds. The zero-order chi connectivity index (χ0) is 20.9. The predicted molar refractivity (Wildman–Crippen MR) is 114 cm³/mol. The minimum Gasteiger partial charge on any atom is -0.355 e. The molecule has 0 saturated carbocycles. The molecule has 0 radical (unpaired) electrons. The molecule has 1 aromatic carbocycles. The van der Waals surface area contributed by atoms with Crippen LogP contribution in [0, 0.1) is 13.8 Å². The number of aromatic nitrogens is 1. The van der Waals surface area contributed by atoms with Crippen LogP contribution in [0.15, 0.2) is 40.4 Å². The van der Waals surface area contributed by atoms with Gasteiger partial charge in [0, 0.05) is 46.1 Å². The zero-order valence-corrected chi connectivity index (χ0v) is 18.5. The van der Waals surface area contributed by atoms with Gasteiger partial charge in [-0.15, -0.1) is 0 Å². The molecule has 2 rings (SSSR count). The third-order valence-electron chi connectivity index (χ3n) is 4.38. The van der Waals surface area contributed by atoms with Gasteiger partial charge in [-0.1, -0.05) is 23.7 Å². The van der Waals surface area contributed by atoms with E-state index in [1.54, 1.807) is 20.0 Å². The first-order valence-electron chi connectivity index (χ1n) is 8.93. The van der Waals surface area contributed by atoms with Crippen molar-refractivity contribution in [2.45, 2.75) is 25.3 Å². The number of benzene rings is 1. The molecule has 1 aromatic heterocycles. The van der Waals surface area contributed by atoms with Crippen LogP contribution in [0.2, 0.25) is 5.02 Å². The Morgan fingerprint density at radius 1 is 1.25 bits per heavy atom. The van der Waals surface area contributed by atoms with Crippen molar-refractivity contribution in [2.75, 3.05) is 27.2 Å². The van der Waals surface area contributed by atoms with Crippen LogP contribution >= 0.6 is 11.6 Å². The van der Waals surface area contributed by atoms with E-state index in [4.69, 9.17) is 11.6 Å². The number of nitrogens with one attached hydrogen (secondary N) is 2. The van der Waals surface area contributed by atoms with Crippen molar-refractivity contribution in [1.29, 1.82) is 0 Å². The second-order valence-corrected chi connectivity index (χ2v) is 8.93. The number of halogens is 1. The molecular formula is C19H28ClN5O2S. The molecule has 0 saturated heterocycles. The number of hydrogen-bond donors (Lipinski definition) is 2. The lowest BCUT2D eigenvalue weighted by Crippen LogP contribution is -2.42. The summed E-state index contributed by atoms with van der Waals surface area (Å²) in [5.41, 5.74) is 2.68. The molecule has 0 aliphatic rings. The molecule has 1 heterocycles. The predicted octanol–water partition coefficient (Wildman–Crippen LogP) is 2.28. The van der Waals surface area contributed by atoms with Crippen LogP contribution in [-0.4, -0.2) is 51.0 Å². The van der Waals surface area contributed by atoms with Crippen LogP contribution in [0.5, 0.6) is 0 Å². The summed E-state index contributed by atoms with van der Waals surface area (Å²) in [6.07, 6.45) is 1.85. The first-order valence-corrected chi connectivity index (χ1v) is 10.8. The third kappa shape index (κ3) is 5.73. The average Bonchev–Trinajstić information content (AvgIpc) is 2.93. The normalized spacial score (nSPS) is 12.3. The molecule has 28 heavy (non-hydrogen) atoms. The Labute approximate surface area is 172 Å². The van der Waals surface area contributed by atoms with Crippen LogP contribution in [0.3, 0.4) is 0 Å². The van der Waals surface area contributed by atoms with E-state index in [1.807, 2.05) is 54.9 Å². The van der Waals surface area contributed by atoms with Crippen LogP contribution < -0.4 is 10.0 Å².